The minimum absolute atomic E-state index is 0.289. The summed E-state index contributed by atoms with van der Waals surface area (Å²) in [4.78, 5) is 6.45. The number of hydrogen-bond acceptors (Lipinski definition) is 4. The van der Waals surface area contributed by atoms with E-state index in [-0.39, 0.29) is 5.75 Å². The molecule has 4 aromatic rings. The van der Waals surface area contributed by atoms with Crippen molar-refractivity contribution in [3.05, 3.63) is 109 Å². The molecule has 0 saturated carbocycles. The number of alkyl halides is 3. The Balaban J connectivity index is 1.56. The fourth-order valence-corrected chi connectivity index (χ4v) is 3.97. The lowest BCUT2D eigenvalue weighted by molar-refractivity contribution is -0.274. The van der Waals surface area contributed by atoms with Gasteiger partial charge in [-0.15, -0.1) is 13.2 Å². The van der Waals surface area contributed by atoms with Crippen LogP contribution < -0.4 is 9.64 Å². The third-order valence-electron chi connectivity index (χ3n) is 5.48. The van der Waals surface area contributed by atoms with Crippen LogP contribution >= 0.6 is 0 Å². The van der Waals surface area contributed by atoms with Crippen LogP contribution in [0.25, 0.3) is 11.3 Å². The van der Waals surface area contributed by atoms with Crippen molar-refractivity contribution in [3.63, 3.8) is 0 Å². The molecule has 0 N–H and O–H groups in total. The Morgan fingerprint density at radius 2 is 1.76 bits per heavy atom. The SMILES string of the molecule is C=C1c2ncn(Cc3ccccc3)c2C(c2cnn(C)c2)=CN1c1ccc(OC(F)(F)F)cc1. The minimum atomic E-state index is -4.75. The van der Waals surface area contributed by atoms with Crippen molar-refractivity contribution in [3.8, 4) is 5.75 Å². The number of halogens is 3. The van der Waals surface area contributed by atoms with E-state index in [1.807, 2.05) is 54.7 Å². The van der Waals surface area contributed by atoms with Gasteiger partial charge in [-0.3, -0.25) is 4.68 Å². The lowest BCUT2D eigenvalue weighted by Crippen LogP contribution is -2.21. The Hall–Kier alpha value is -4.27. The fraction of sp³-hybridized carbons (Fsp3) is 0.120. The molecule has 0 atom stereocenters. The first-order chi connectivity index (χ1) is 16.3. The third-order valence-corrected chi connectivity index (χ3v) is 5.48. The summed E-state index contributed by atoms with van der Waals surface area (Å²) in [5, 5.41) is 4.31. The smallest absolute Gasteiger partial charge is 0.406 e. The van der Waals surface area contributed by atoms with Crippen LogP contribution in [0.3, 0.4) is 0 Å². The van der Waals surface area contributed by atoms with E-state index in [4.69, 9.17) is 0 Å². The second-order valence-corrected chi connectivity index (χ2v) is 7.86. The summed E-state index contributed by atoms with van der Waals surface area (Å²) in [6.45, 7) is 4.84. The Morgan fingerprint density at radius 3 is 2.41 bits per heavy atom. The van der Waals surface area contributed by atoms with Crippen molar-refractivity contribution in [1.29, 1.82) is 0 Å². The Kier molecular flexibility index (Phi) is 5.24. The fourth-order valence-electron chi connectivity index (χ4n) is 3.97. The number of anilines is 1. The molecule has 1 aliphatic heterocycles. The number of fused-ring (bicyclic) bond motifs is 1. The Morgan fingerprint density at radius 1 is 1.03 bits per heavy atom. The highest BCUT2D eigenvalue weighted by Gasteiger charge is 2.32. The van der Waals surface area contributed by atoms with E-state index >= 15 is 0 Å². The molecular formula is C25H20F3N5O. The summed E-state index contributed by atoms with van der Waals surface area (Å²) < 4.78 is 45.4. The highest BCUT2D eigenvalue weighted by Crippen LogP contribution is 2.39. The minimum Gasteiger partial charge on any atom is -0.406 e. The van der Waals surface area contributed by atoms with Crippen molar-refractivity contribution < 1.29 is 17.9 Å². The maximum Gasteiger partial charge on any atom is 0.573 e. The summed E-state index contributed by atoms with van der Waals surface area (Å²) in [5.41, 5.74) is 5.71. The van der Waals surface area contributed by atoms with Gasteiger partial charge in [0.1, 0.15) is 11.4 Å². The zero-order chi connectivity index (χ0) is 23.9. The zero-order valence-electron chi connectivity index (χ0n) is 18.2. The molecule has 0 radical (unpaired) electrons. The van der Waals surface area contributed by atoms with Gasteiger partial charge in [0.2, 0.25) is 0 Å². The number of nitrogens with zero attached hydrogens (tertiary/aromatic N) is 5. The molecule has 2 aromatic carbocycles. The van der Waals surface area contributed by atoms with E-state index in [9.17, 15) is 13.2 Å². The molecular weight excluding hydrogens is 443 g/mol. The number of rotatable bonds is 5. The molecule has 0 amide bonds. The van der Waals surface area contributed by atoms with Gasteiger partial charge in [0, 0.05) is 42.8 Å². The van der Waals surface area contributed by atoms with E-state index in [0.29, 0.717) is 23.6 Å². The number of aryl methyl sites for hydroxylation is 1. The van der Waals surface area contributed by atoms with Crippen molar-refractivity contribution >= 4 is 17.0 Å². The van der Waals surface area contributed by atoms with Crippen molar-refractivity contribution in [2.75, 3.05) is 4.90 Å². The van der Waals surface area contributed by atoms with E-state index in [2.05, 4.69) is 26.0 Å². The van der Waals surface area contributed by atoms with Crippen LogP contribution in [0.5, 0.6) is 5.75 Å². The largest absolute Gasteiger partial charge is 0.573 e. The van der Waals surface area contributed by atoms with E-state index in [1.54, 1.807) is 29.3 Å². The number of aromatic nitrogens is 4. The molecule has 0 unspecified atom stereocenters. The van der Waals surface area contributed by atoms with Gasteiger partial charge in [-0.2, -0.15) is 5.10 Å². The first kappa shape index (κ1) is 21.6. The van der Waals surface area contributed by atoms with Gasteiger partial charge in [0.05, 0.1) is 23.9 Å². The van der Waals surface area contributed by atoms with E-state index < -0.39 is 6.36 Å². The highest BCUT2D eigenvalue weighted by molar-refractivity contribution is 5.95. The molecule has 9 heteroatoms. The molecule has 0 saturated heterocycles. The number of imidazole rings is 1. The van der Waals surface area contributed by atoms with Crippen LogP contribution in [-0.4, -0.2) is 25.7 Å². The normalized spacial score (nSPS) is 13.6. The van der Waals surface area contributed by atoms with Gasteiger partial charge in [0.25, 0.3) is 0 Å². The lowest BCUT2D eigenvalue weighted by atomic mass is 9.99. The van der Waals surface area contributed by atoms with Crippen LogP contribution in [0.1, 0.15) is 22.5 Å². The summed E-state index contributed by atoms with van der Waals surface area (Å²) in [5.74, 6) is -0.289. The number of ether oxygens (including phenoxy) is 1. The van der Waals surface area contributed by atoms with Crippen molar-refractivity contribution in [1.82, 2.24) is 19.3 Å². The summed E-state index contributed by atoms with van der Waals surface area (Å²) in [6.07, 6.45) is 2.61. The molecule has 1 aliphatic rings. The third kappa shape index (κ3) is 4.19. The number of benzene rings is 2. The van der Waals surface area contributed by atoms with Crippen LogP contribution in [0.2, 0.25) is 0 Å². The van der Waals surface area contributed by atoms with E-state index in [1.165, 1.54) is 12.1 Å². The summed E-state index contributed by atoms with van der Waals surface area (Å²) in [6, 6.07) is 15.7. The molecule has 6 nitrogen and oxygen atoms in total. The predicted molar refractivity (Wildman–Crippen MR) is 123 cm³/mol. The van der Waals surface area contributed by atoms with Crippen LogP contribution in [0.4, 0.5) is 18.9 Å². The second kappa shape index (κ2) is 8.26. The molecule has 172 valence electrons. The standard InChI is InChI=1S/C25H20F3N5O/c1-17-23-24(32(16-29-23)13-18-6-4-3-5-7-18)22(19-12-30-31(2)14-19)15-33(17)20-8-10-21(11-9-20)34-25(26,27)28/h3-12,14-16H,1,13H2,2H3. The summed E-state index contributed by atoms with van der Waals surface area (Å²) >= 11 is 0. The molecule has 5 rings (SSSR count). The molecule has 2 aromatic heterocycles. The molecule has 3 heterocycles. The second-order valence-electron chi connectivity index (χ2n) is 7.86. The molecule has 0 aliphatic carbocycles. The van der Waals surface area contributed by atoms with Gasteiger partial charge in [0.15, 0.2) is 0 Å². The highest BCUT2D eigenvalue weighted by atomic mass is 19.4. The van der Waals surface area contributed by atoms with Gasteiger partial charge in [-0.1, -0.05) is 36.9 Å². The molecule has 34 heavy (non-hydrogen) atoms. The quantitative estimate of drug-likeness (QED) is 0.395. The average molecular weight is 463 g/mol. The monoisotopic (exact) mass is 463 g/mol. The van der Waals surface area contributed by atoms with Gasteiger partial charge in [-0.25, -0.2) is 4.98 Å². The zero-order valence-corrected chi connectivity index (χ0v) is 18.2. The van der Waals surface area contributed by atoms with Gasteiger partial charge >= 0.3 is 6.36 Å². The average Bonchev–Trinajstić information content (AvgIpc) is 3.42. The van der Waals surface area contributed by atoms with Gasteiger partial charge < -0.3 is 14.2 Å². The maximum atomic E-state index is 12.5. The van der Waals surface area contributed by atoms with Crippen LogP contribution in [-0.2, 0) is 13.6 Å². The predicted octanol–water partition coefficient (Wildman–Crippen LogP) is 5.44. The molecule has 0 spiro atoms. The molecule has 0 bridgehead atoms. The first-order valence-corrected chi connectivity index (χ1v) is 10.4. The van der Waals surface area contributed by atoms with Crippen LogP contribution in [0, 0.1) is 0 Å². The van der Waals surface area contributed by atoms with Gasteiger partial charge in [-0.05, 0) is 29.8 Å². The van der Waals surface area contributed by atoms with Crippen molar-refractivity contribution in [2.45, 2.75) is 12.9 Å². The van der Waals surface area contributed by atoms with Crippen LogP contribution in [0.15, 0.2) is 86.1 Å². The maximum absolute atomic E-state index is 12.5. The summed E-state index contributed by atoms with van der Waals surface area (Å²) in [7, 11) is 1.84. The Bertz CT molecular complexity index is 1370. The van der Waals surface area contributed by atoms with Crippen molar-refractivity contribution in [2.24, 2.45) is 7.05 Å². The topological polar surface area (TPSA) is 48.1 Å². The first-order valence-electron chi connectivity index (χ1n) is 10.4. The Labute approximate surface area is 193 Å². The van der Waals surface area contributed by atoms with E-state index in [0.717, 1.165) is 22.4 Å². The number of hydrogen-bond donors (Lipinski definition) is 0. The molecule has 0 fully saturated rings. The lowest BCUT2D eigenvalue weighted by Gasteiger charge is -2.29.